The highest BCUT2D eigenvalue weighted by molar-refractivity contribution is 4.87. The Bertz CT molecular complexity index is 327. The first-order valence-electron chi connectivity index (χ1n) is 10.3. The fraction of sp³-hybridized carbons (Fsp3) is 1.00. The van der Waals surface area contributed by atoms with Crippen LogP contribution in [-0.4, -0.2) is 69.3 Å². The summed E-state index contributed by atoms with van der Waals surface area (Å²) in [6.45, 7) is 8.82. The van der Waals surface area contributed by atoms with E-state index in [2.05, 4.69) is 20.8 Å². The monoisotopic (exact) mass is 376 g/mol. The number of hydrogen-bond donors (Lipinski definition) is 1. The van der Waals surface area contributed by atoms with E-state index in [1.807, 2.05) is 0 Å². The van der Waals surface area contributed by atoms with Crippen LogP contribution in [0.15, 0.2) is 0 Å². The summed E-state index contributed by atoms with van der Waals surface area (Å²) in [4.78, 5) is 0. The molecule has 0 unspecified atom stereocenters. The minimum Gasteiger partial charge on any atom is -0.388 e. The molecule has 0 spiro atoms. The van der Waals surface area contributed by atoms with Crippen LogP contribution < -0.4 is 0 Å². The highest BCUT2D eigenvalue weighted by Gasteiger charge is 2.41. The number of methoxy groups -OCH3 is 1. The van der Waals surface area contributed by atoms with Crippen LogP contribution >= 0.6 is 0 Å². The largest absolute Gasteiger partial charge is 0.388 e. The molecule has 5 atom stereocenters. The van der Waals surface area contributed by atoms with E-state index in [0.717, 1.165) is 38.5 Å². The number of hydrogen-bond acceptors (Lipinski definition) is 6. The van der Waals surface area contributed by atoms with E-state index in [1.165, 1.54) is 0 Å². The molecule has 0 aromatic carbocycles. The van der Waals surface area contributed by atoms with Crippen molar-refractivity contribution in [1.82, 2.24) is 0 Å². The Morgan fingerprint density at radius 2 is 1.54 bits per heavy atom. The first-order chi connectivity index (χ1) is 12.7. The van der Waals surface area contributed by atoms with Crippen molar-refractivity contribution < 1.29 is 28.8 Å². The summed E-state index contributed by atoms with van der Waals surface area (Å²) in [5, 5.41) is 10.5. The van der Waals surface area contributed by atoms with Gasteiger partial charge in [0.05, 0.1) is 12.7 Å². The first-order valence-corrected chi connectivity index (χ1v) is 10.3. The van der Waals surface area contributed by atoms with E-state index >= 15 is 0 Å². The molecule has 1 rings (SSSR count). The normalized spacial score (nSPS) is 29.7. The number of ether oxygens (including phenoxy) is 5. The summed E-state index contributed by atoms with van der Waals surface area (Å²) < 4.78 is 29.4. The molecule has 0 aromatic rings. The van der Waals surface area contributed by atoms with Crippen LogP contribution in [-0.2, 0) is 23.7 Å². The van der Waals surface area contributed by atoms with Gasteiger partial charge in [0.25, 0.3) is 0 Å². The molecule has 1 fully saturated rings. The third-order valence-corrected chi connectivity index (χ3v) is 4.62. The lowest BCUT2D eigenvalue weighted by atomic mass is 10.0. The molecule has 1 aliphatic rings. The van der Waals surface area contributed by atoms with Gasteiger partial charge >= 0.3 is 0 Å². The van der Waals surface area contributed by atoms with Crippen LogP contribution in [0, 0.1) is 0 Å². The van der Waals surface area contributed by atoms with Gasteiger partial charge in [-0.15, -0.1) is 0 Å². The first kappa shape index (κ1) is 23.8. The number of aliphatic hydroxyl groups is 1. The summed E-state index contributed by atoms with van der Waals surface area (Å²) >= 11 is 0. The predicted octanol–water partition coefficient (Wildman–Crippen LogP) is 3.30. The zero-order valence-corrected chi connectivity index (χ0v) is 17.2. The van der Waals surface area contributed by atoms with E-state index in [4.69, 9.17) is 23.7 Å². The van der Waals surface area contributed by atoms with Gasteiger partial charge in [0.1, 0.15) is 18.3 Å². The molecule has 1 aliphatic heterocycles. The lowest BCUT2D eigenvalue weighted by Crippen LogP contribution is -2.44. The minimum absolute atomic E-state index is 0.228. The molecule has 0 aromatic heterocycles. The molecule has 1 N–H and O–H groups in total. The quantitative estimate of drug-likeness (QED) is 0.469. The van der Waals surface area contributed by atoms with E-state index in [9.17, 15) is 5.11 Å². The Balaban J connectivity index is 2.82. The van der Waals surface area contributed by atoms with Crippen molar-refractivity contribution in [3.63, 3.8) is 0 Å². The fourth-order valence-corrected chi connectivity index (χ4v) is 2.98. The van der Waals surface area contributed by atoms with Crippen molar-refractivity contribution in [3.8, 4) is 0 Å². The van der Waals surface area contributed by atoms with Gasteiger partial charge in [-0.1, -0.05) is 40.0 Å². The van der Waals surface area contributed by atoms with Crippen LogP contribution in [0.3, 0.4) is 0 Å². The molecule has 0 bridgehead atoms. The molecule has 156 valence electrons. The van der Waals surface area contributed by atoms with Crippen LogP contribution in [0.1, 0.15) is 65.7 Å². The van der Waals surface area contributed by atoms with Gasteiger partial charge in [0.2, 0.25) is 0 Å². The molecule has 1 heterocycles. The molecule has 26 heavy (non-hydrogen) atoms. The summed E-state index contributed by atoms with van der Waals surface area (Å²) in [5.74, 6) is 0. The molecule has 6 nitrogen and oxygen atoms in total. The minimum atomic E-state index is -0.746. The zero-order valence-electron chi connectivity index (χ0n) is 17.2. The topological polar surface area (TPSA) is 66.4 Å². The maximum Gasteiger partial charge on any atom is 0.183 e. The number of aliphatic hydroxyl groups excluding tert-OH is 1. The molecule has 1 saturated heterocycles. The van der Waals surface area contributed by atoms with E-state index in [0.29, 0.717) is 32.8 Å². The molecule has 0 amide bonds. The third kappa shape index (κ3) is 8.63. The van der Waals surface area contributed by atoms with Crippen molar-refractivity contribution in [2.24, 2.45) is 0 Å². The Morgan fingerprint density at radius 3 is 2.15 bits per heavy atom. The lowest BCUT2D eigenvalue weighted by Gasteiger charge is -2.31. The second kappa shape index (κ2) is 14.8. The highest BCUT2D eigenvalue weighted by Crippen LogP contribution is 2.26. The van der Waals surface area contributed by atoms with Crippen LogP contribution in [0.5, 0.6) is 0 Å². The molecule has 6 heteroatoms. The van der Waals surface area contributed by atoms with E-state index < -0.39 is 12.4 Å². The van der Waals surface area contributed by atoms with Gasteiger partial charge in [-0.25, -0.2) is 0 Å². The molecular formula is C20H40O6. The second-order valence-electron chi connectivity index (χ2n) is 6.96. The predicted molar refractivity (Wildman–Crippen MR) is 101 cm³/mol. The van der Waals surface area contributed by atoms with Crippen LogP contribution in [0.25, 0.3) is 0 Å². The van der Waals surface area contributed by atoms with Gasteiger partial charge in [-0.2, -0.15) is 0 Å². The zero-order chi connectivity index (χ0) is 19.2. The van der Waals surface area contributed by atoms with Crippen molar-refractivity contribution in [3.05, 3.63) is 0 Å². The molecule has 0 radical (unpaired) electrons. The van der Waals surface area contributed by atoms with Crippen molar-refractivity contribution >= 4 is 0 Å². The van der Waals surface area contributed by atoms with Gasteiger partial charge in [-0.3, -0.25) is 0 Å². The van der Waals surface area contributed by atoms with Gasteiger partial charge in [0.15, 0.2) is 6.29 Å². The maximum atomic E-state index is 10.5. The standard InChI is InChI=1S/C20H40O6/c1-5-8-11-23-15-18-19(25-13-10-7-3)17(24-12-9-6-2)14-16(21)20(22-4)26-18/h16-21H,5-15H2,1-4H3/t16-,17-,18-,19+,20-/m1/s1. The Morgan fingerprint density at radius 1 is 0.923 bits per heavy atom. The van der Waals surface area contributed by atoms with Gasteiger partial charge in [0, 0.05) is 33.4 Å². The van der Waals surface area contributed by atoms with Crippen molar-refractivity contribution in [1.29, 1.82) is 0 Å². The summed E-state index contributed by atoms with van der Waals surface area (Å²) in [6, 6.07) is 0. The third-order valence-electron chi connectivity index (χ3n) is 4.62. The average Bonchev–Trinajstić information content (AvgIpc) is 2.76. The lowest BCUT2D eigenvalue weighted by molar-refractivity contribution is -0.223. The van der Waals surface area contributed by atoms with Gasteiger partial charge < -0.3 is 28.8 Å². The second-order valence-corrected chi connectivity index (χ2v) is 6.96. The van der Waals surface area contributed by atoms with Crippen LogP contribution in [0.2, 0.25) is 0 Å². The fourth-order valence-electron chi connectivity index (χ4n) is 2.98. The average molecular weight is 377 g/mol. The Hall–Kier alpha value is -0.240. The summed E-state index contributed by atoms with van der Waals surface area (Å²) in [5.41, 5.74) is 0. The molecule has 0 saturated carbocycles. The smallest absolute Gasteiger partial charge is 0.183 e. The molecule has 0 aliphatic carbocycles. The SMILES string of the molecule is CCCCOC[C@H]1O[C@@H](OC)[C@H](O)C[C@@H](OCCCC)[C@@H]1OCCCC. The maximum absolute atomic E-state index is 10.5. The summed E-state index contributed by atoms with van der Waals surface area (Å²) in [7, 11) is 1.55. The van der Waals surface area contributed by atoms with Crippen molar-refractivity contribution in [2.45, 2.75) is 96.4 Å². The van der Waals surface area contributed by atoms with E-state index in [-0.39, 0.29) is 18.3 Å². The van der Waals surface area contributed by atoms with E-state index in [1.54, 1.807) is 7.11 Å². The van der Waals surface area contributed by atoms with Crippen molar-refractivity contribution in [2.75, 3.05) is 33.5 Å². The summed E-state index contributed by atoms with van der Waals surface area (Å²) in [6.07, 6.45) is 4.39. The van der Waals surface area contributed by atoms with Gasteiger partial charge in [-0.05, 0) is 19.3 Å². The number of unbranched alkanes of at least 4 members (excludes halogenated alkanes) is 3. The molecular weight excluding hydrogens is 336 g/mol. The number of rotatable bonds is 14. The Labute approximate surface area is 159 Å². The highest BCUT2D eigenvalue weighted by atomic mass is 16.7. The Kier molecular flexibility index (Phi) is 13.5. The van der Waals surface area contributed by atoms with Crippen LogP contribution in [0.4, 0.5) is 0 Å².